The molecule has 0 heterocycles. The fraction of sp³-hybridized carbons (Fsp3) is 0.600. The highest BCUT2D eigenvalue weighted by Crippen LogP contribution is 2.42. The van der Waals surface area contributed by atoms with Crippen LogP contribution in [0.15, 0.2) is 24.3 Å². The van der Waals surface area contributed by atoms with E-state index in [1.165, 1.54) is 18.4 Å². The maximum Gasteiger partial charge on any atom is 0.490 e. The highest BCUT2D eigenvalue weighted by atomic mass is 19.4. The van der Waals surface area contributed by atoms with E-state index in [2.05, 4.69) is 16.7 Å². The molecule has 2 atom stereocenters. The van der Waals surface area contributed by atoms with Crippen LogP contribution in [0, 0.1) is 5.92 Å². The van der Waals surface area contributed by atoms with Crippen LogP contribution in [0.5, 0.6) is 0 Å². The fourth-order valence-electron chi connectivity index (χ4n) is 3.37. The minimum absolute atomic E-state index is 0.240. The summed E-state index contributed by atoms with van der Waals surface area (Å²) in [7, 11) is 0. The van der Waals surface area contributed by atoms with Gasteiger partial charge in [0.25, 0.3) is 11.8 Å². The van der Waals surface area contributed by atoms with Gasteiger partial charge in [0, 0.05) is 36.4 Å². The summed E-state index contributed by atoms with van der Waals surface area (Å²) in [4.78, 5) is 21.1. The van der Waals surface area contributed by atoms with Crippen molar-refractivity contribution < 1.29 is 36.6 Å². The zero-order valence-corrected chi connectivity index (χ0v) is 16.0. The number of carboxylic acid groups (broad SMARTS) is 1. The van der Waals surface area contributed by atoms with Crippen molar-refractivity contribution in [3.8, 4) is 0 Å². The van der Waals surface area contributed by atoms with E-state index < -0.39 is 24.1 Å². The molecule has 1 aromatic carbocycles. The molecule has 0 radical (unpaired) electrons. The first-order valence-corrected chi connectivity index (χ1v) is 9.77. The van der Waals surface area contributed by atoms with Crippen molar-refractivity contribution in [1.29, 1.82) is 0 Å². The number of amides is 1. The zero-order valence-electron chi connectivity index (χ0n) is 16.0. The fourth-order valence-corrected chi connectivity index (χ4v) is 3.37. The number of halogens is 5. The molecule has 5 nitrogen and oxygen atoms in total. The Morgan fingerprint density at radius 2 is 1.80 bits per heavy atom. The molecule has 0 aliphatic heterocycles. The number of carbonyl (C=O) groups excluding carboxylic acids is 1. The van der Waals surface area contributed by atoms with E-state index in [-0.39, 0.29) is 18.7 Å². The standard InChI is InChI=1S/C18H22F2N2O.C2HF3O2/c19-18(20)8-14(9-18)22-17(23)13-3-1-2-12(6-13)15-7-16(15)21-10-11-4-5-11;3-2(4,5)1(6)7/h1-3,6,11,14-16,21H,4-5,7-10H2,(H,22,23);(H,6,7). The maximum absolute atomic E-state index is 12.8. The summed E-state index contributed by atoms with van der Waals surface area (Å²) < 4.78 is 57.4. The highest BCUT2D eigenvalue weighted by Gasteiger charge is 2.46. The van der Waals surface area contributed by atoms with E-state index in [1.54, 1.807) is 6.07 Å². The quantitative estimate of drug-likeness (QED) is 0.597. The zero-order chi connectivity index (χ0) is 22.1. The van der Waals surface area contributed by atoms with Gasteiger partial charge in [-0.05, 0) is 49.4 Å². The van der Waals surface area contributed by atoms with E-state index in [9.17, 15) is 26.7 Å². The van der Waals surface area contributed by atoms with Crippen LogP contribution in [-0.4, -0.2) is 47.7 Å². The molecule has 4 rings (SSSR count). The lowest BCUT2D eigenvalue weighted by molar-refractivity contribution is -0.192. The largest absolute Gasteiger partial charge is 0.490 e. The number of alkyl halides is 5. The summed E-state index contributed by atoms with van der Waals surface area (Å²) in [5.74, 6) is -4.25. The molecule has 3 saturated carbocycles. The predicted octanol–water partition coefficient (Wildman–Crippen LogP) is 3.70. The van der Waals surface area contributed by atoms with Crippen molar-refractivity contribution in [3.05, 3.63) is 35.4 Å². The Morgan fingerprint density at radius 1 is 1.17 bits per heavy atom. The van der Waals surface area contributed by atoms with E-state index in [4.69, 9.17) is 9.90 Å². The third kappa shape index (κ3) is 6.38. The third-order valence-electron chi connectivity index (χ3n) is 5.40. The van der Waals surface area contributed by atoms with Gasteiger partial charge in [-0.1, -0.05) is 12.1 Å². The van der Waals surface area contributed by atoms with Crippen LogP contribution < -0.4 is 10.6 Å². The molecule has 3 N–H and O–H groups in total. The van der Waals surface area contributed by atoms with Crippen molar-refractivity contribution in [2.24, 2.45) is 5.92 Å². The van der Waals surface area contributed by atoms with Gasteiger partial charge >= 0.3 is 12.1 Å². The number of nitrogens with one attached hydrogen (secondary N) is 2. The van der Waals surface area contributed by atoms with Crippen LogP contribution in [0.25, 0.3) is 0 Å². The van der Waals surface area contributed by atoms with Crippen LogP contribution in [0.1, 0.15) is 53.9 Å². The second kappa shape index (κ2) is 8.49. The number of aliphatic carboxylic acids is 1. The Bertz CT molecular complexity index is 787. The molecule has 166 valence electrons. The van der Waals surface area contributed by atoms with Crippen molar-refractivity contribution >= 4 is 11.9 Å². The summed E-state index contributed by atoms with van der Waals surface area (Å²) in [5.41, 5.74) is 1.75. The Kier molecular flexibility index (Phi) is 6.35. The Morgan fingerprint density at radius 3 is 2.33 bits per heavy atom. The summed E-state index contributed by atoms with van der Waals surface area (Å²) in [6.45, 7) is 1.11. The van der Waals surface area contributed by atoms with E-state index in [1.807, 2.05) is 12.1 Å². The number of hydrogen-bond donors (Lipinski definition) is 3. The average Bonchev–Trinajstić information content (AvgIpc) is 3.52. The van der Waals surface area contributed by atoms with E-state index in [0.717, 1.165) is 18.9 Å². The molecule has 3 aliphatic rings. The molecule has 3 fully saturated rings. The van der Waals surface area contributed by atoms with Gasteiger partial charge in [-0.3, -0.25) is 4.79 Å². The Hall–Kier alpha value is -2.23. The second-order valence-electron chi connectivity index (χ2n) is 8.16. The van der Waals surface area contributed by atoms with E-state index in [0.29, 0.717) is 17.5 Å². The first kappa shape index (κ1) is 22.5. The van der Waals surface area contributed by atoms with Gasteiger partial charge in [0.15, 0.2) is 0 Å². The average molecular weight is 434 g/mol. The molecule has 0 spiro atoms. The van der Waals surface area contributed by atoms with Crippen LogP contribution in [-0.2, 0) is 4.79 Å². The van der Waals surface area contributed by atoms with Gasteiger partial charge in [0.1, 0.15) is 0 Å². The summed E-state index contributed by atoms with van der Waals surface area (Å²) >= 11 is 0. The minimum atomic E-state index is -5.08. The second-order valence-corrected chi connectivity index (χ2v) is 8.16. The van der Waals surface area contributed by atoms with Crippen molar-refractivity contribution in [2.45, 2.75) is 62.2 Å². The predicted molar refractivity (Wildman–Crippen MR) is 97.4 cm³/mol. The summed E-state index contributed by atoms with van der Waals surface area (Å²) in [5, 5.41) is 13.4. The molecule has 0 aromatic heterocycles. The maximum atomic E-state index is 12.8. The molecule has 10 heteroatoms. The van der Waals surface area contributed by atoms with Gasteiger partial charge < -0.3 is 15.7 Å². The summed E-state index contributed by atoms with van der Waals surface area (Å²) in [6.07, 6.45) is -1.75. The third-order valence-corrected chi connectivity index (χ3v) is 5.40. The minimum Gasteiger partial charge on any atom is -0.475 e. The molecule has 2 unspecified atom stereocenters. The van der Waals surface area contributed by atoms with Crippen LogP contribution in [0.2, 0.25) is 0 Å². The lowest BCUT2D eigenvalue weighted by atomic mass is 9.88. The van der Waals surface area contributed by atoms with Crippen LogP contribution in [0.4, 0.5) is 22.0 Å². The number of carbonyl (C=O) groups is 2. The highest BCUT2D eigenvalue weighted by molar-refractivity contribution is 5.94. The Labute approximate surface area is 170 Å². The van der Waals surface area contributed by atoms with Gasteiger partial charge in [0.05, 0.1) is 0 Å². The topological polar surface area (TPSA) is 78.4 Å². The van der Waals surface area contributed by atoms with E-state index >= 15 is 0 Å². The first-order valence-electron chi connectivity index (χ1n) is 9.77. The molecule has 1 aromatic rings. The number of carboxylic acids is 1. The number of hydrogen-bond acceptors (Lipinski definition) is 3. The lowest BCUT2D eigenvalue weighted by Crippen LogP contribution is -2.50. The monoisotopic (exact) mass is 434 g/mol. The van der Waals surface area contributed by atoms with Gasteiger partial charge in [-0.25, -0.2) is 13.6 Å². The molecule has 0 bridgehead atoms. The van der Waals surface area contributed by atoms with Gasteiger partial charge in [-0.15, -0.1) is 0 Å². The smallest absolute Gasteiger partial charge is 0.475 e. The molecule has 1 amide bonds. The van der Waals surface area contributed by atoms with Crippen LogP contribution >= 0.6 is 0 Å². The SMILES string of the molecule is O=C(NC1CC(F)(F)C1)c1cccc(C2CC2NCC2CC2)c1.O=C(O)C(F)(F)F. The van der Waals surface area contributed by atoms with Crippen molar-refractivity contribution in [2.75, 3.05) is 6.54 Å². The number of benzene rings is 1. The molecule has 0 saturated heterocycles. The lowest BCUT2D eigenvalue weighted by Gasteiger charge is -2.35. The Balaban J connectivity index is 0.000000318. The van der Waals surface area contributed by atoms with Gasteiger partial charge in [0.2, 0.25) is 0 Å². The summed E-state index contributed by atoms with van der Waals surface area (Å²) in [6, 6.07) is 7.74. The molecular weight excluding hydrogens is 411 g/mol. The van der Waals surface area contributed by atoms with Crippen molar-refractivity contribution in [3.63, 3.8) is 0 Å². The van der Waals surface area contributed by atoms with Crippen molar-refractivity contribution in [1.82, 2.24) is 10.6 Å². The first-order chi connectivity index (χ1) is 13.9. The van der Waals surface area contributed by atoms with Gasteiger partial charge in [-0.2, -0.15) is 13.2 Å². The normalized spacial score (nSPS) is 24.8. The molecule has 3 aliphatic carbocycles. The molecule has 30 heavy (non-hydrogen) atoms. The number of rotatable bonds is 6. The van der Waals surface area contributed by atoms with Crippen LogP contribution in [0.3, 0.4) is 0 Å². The molecular formula is C20H23F5N2O3.